The van der Waals surface area contributed by atoms with E-state index in [0.717, 1.165) is 0 Å². The van der Waals surface area contributed by atoms with Gasteiger partial charge in [-0.05, 0) is 58.3 Å². The van der Waals surface area contributed by atoms with E-state index < -0.39 is 0 Å². The Bertz CT molecular complexity index is 1180. The van der Waals surface area contributed by atoms with Crippen LogP contribution in [0.4, 0.5) is 21.7 Å². The average molecular weight is 395 g/mol. The van der Waals surface area contributed by atoms with Gasteiger partial charge in [0.15, 0.2) is 23.1 Å². The molecule has 11 heteroatoms. The Kier molecular flexibility index (Phi) is 4.84. The first-order valence-corrected chi connectivity index (χ1v) is 8.31. The largest absolute Gasteiger partial charge is 0.504 e. The second-order valence-electron chi connectivity index (χ2n) is 5.77. The lowest BCUT2D eigenvalue weighted by Crippen LogP contribution is -2.03. The molecule has 2 heterocycles. The molecule has 0 aliphatic heterocycles. The molecule has 4 aromatic rings. The molecular formula is C18H14FN7O3. The van der Waals surface area contributed by atoms with Gasteiger partial charge in [-0.3, -0.25) is 5.43 Å². The average Bonchev–Trinajstić information content (AvgIpc) is 3.18. The van der Waals surface area contributed by atoms with Gasteiger partial charge in [-0.2, -0.15) is 10.1 Å². The summed E-state index contributed by atoms with van der Waals surface area (Å²) in [5.41, 5.74) is 4.44. The summed E-state index contributed by atoms with van der Waals surface area (Å²) in [5.74, 6) is 0.533. The molecule has 29 heavy (non-hydrogen) atoms. The zero-order chi connectivity index (χ0) is 20.2. The standard InChI is InChI=1S/C18H14FN7O3/c1-28-14-8-10(2-7-13(14)27)9-20-24-16-15(21-12-5-3-11(19)4-6-12)22-17-18(23-16)26-29-25-17/h2-9,27H,1H3,(H,21,22,25)(H,23,24,26)/b20-9+. The third-order valence-electron chi connectivity index (χ3n) is 3.81. The van der Waals surface area contributed by atoms with Crippen molar-refractivity contribution in [2.24, 2.45) is 5.10 Å². The van der Waals surface area contributed by atoms with E-state index in [2.05, 4.69) is 40.8 Å². The molecule has 0 saturated heterocycles. The maximum Gasteiger partial charge on any atom is 0.245 e. The van der Waals surface area contributed by atoms with E-state index in [1.807, 2.05) is 0 Å². The van der Waals surface area contributed by atoms with Crippen molar-refractivity contribution in [3.63, 3.8) is 0 Å². The number of hydrogen-bond acceptors (Lipinski definition) is 10. The Morgan fingerprint density at radius 2 is 1.79 bits per heavy atom. The molecule has 0 spiro atoms. The number of benzene rings is 2. The SMILES string of the molecule is COc1cc(/C=N/Nc2nc3nonc3nc2Nc2ccc(F)cc2)ccc1O. The molecule has 0 atom stereocenters. The highest BCUT2D eigenvalue weighted by Gasteiger charge is 2.13. The van der Waals surface area contributed by atoms with E-state index in [1.165, 1.54) is 31.5 Å². The fraction of sp³-hybridized carbons (Fsp3) is 0.0556. The lowest BCUT2D eigenvalue weighted by atomic mass is 10.2. The number of nitrogens with one attached hydrogen (secondary N) is 2. The molecule has 2 aromatic carbocycles. The molecule has 0 radical (unpaired) electrons. The number of fused-ring (bicyclic) bond motifs is 1. The summed E-state index contributed by atoms with van der Waals surface area (Å²) in [5, 5.41) is 24.1. The Morgan fingerprint density at radius 1 is 1.07 bits per heavy atom. The molecule has 146 valence electrons. The predicted molar refractivity (Wildman–Crippen MR) is 103 cm³/mol. The van der Waals surface area contributed by atoms with Gasteiger partial charge in [0.25, 0.3) is 0 Å². The number of nitrogens with zero attached hydrogens (tertiary/aromatic N) is 5. The number of phenols is 1. The van der Waals surface area contributed by atoms with Crippen LogP contribution in [0.2, 0.25) is 0 Å². The monoisotopic (exact) mass is 395 g/mol. The van der Waals surface area contributed by atoms with Gasteiger partial charge in [0, 0.05) is 5.69 Å². The Morgan fingerprint density at radius 3 is 2.52 bits per heavy atom. The van der Waals surface area contributed by atoms with Crippen LogP contribution in [-0.4, -0.2) is 38.7 Å². The van der Waals surface area contributed by atoms with Gasteiger partial charge in [0.1, 0.15) is 5.82 Å². The number of anilines is 3. The molecule has 2 aromatic heterocycles. The van der Waals surface area contributed by atoms with Gasteiger partial charge in [-0.1, -0.05) is 0 Å². The lowest BCUT2D eigenvalue weighted by molar-refractivity contribution is 0.314. The summed E-state index contributed by atoms with van der Waals surface area (Å²) < 4.78 is 22.8. The number of ether oxygens (including phenoxy) is 1. The molecule has 0 unspecified atom stereocenters. The van der Waals surface area contributed by atoms with Crippen molar-refractivity contribution >= 4 is 34.8 Å². The van der Waals surface area contributed by atoms with Crippen molar-refractivity contribution in [2.45, 2.75) is 0 Å². The zero-order valence-corrected chi connectivity index (χ0v) is 15.0. The second-order valence-corrected chi connectivity index (χ2v) is 5.77. The highest BCUT2D eigenvalue weighted by molar-refractivity contribution is 5.82. The van der Waals surface area contributed by atoms with E-state index in [1.54, 1.807) is 24.3 Å². The number of methoxy groups -OCH3 is 1. The molecule has 3 N–H and O–H groups in total. The maximum atomic E-state index is 13.1. The van der Waals surface area contributed by atoms with Crippen LogP contribution in [0.15, 0.2) is 52.2 Å². The van der Waals surface area contributed by atoms with Crippen LogP contribution >= 0.6 is 0 Å². The Labute approximate surface area is 163 Å². The van der Waals surface area contributed by atoms with Crippen molar-refractivity contribution in [2.75, 3.05) is 17.9 Å². The van der Waals surface area contributed by atoms with Crippen molar-refractivity contribution in [3.05, 3.63) is 53.8 Å². The van der Waals surface area contributed by atoms with E-state index in [4.69, 9.17) is 4.74 Å². The maximum absolute atomic E-state index is 13.1. The summed E-state index contributed by atoms with van der Waals surface area (Å²) >= 11 is 0. The molecule has 0 saturated carbocycles. The summed E-state index contributed by atoms with van der Waals surface area (Å²) in [4.78, 5) is 8.57. The molecule has 0 aliphatic carbocycles. The highest BCUT2D eigenvalue weighted by atomic mass is 19.1. The van der Waals surface area contributed by atoms with Crippen LogP contribution in [0, 0.1) is 5.82 Å². The minimum absolute atomic E-state index is 0.0262. The fourth-order valence-electron chi connectivity index (χ4n) is 2.42. The van der Waals surface area contributed by atoms with Crippen LogP contribution < -0.4 is 15.5 Å². The molecule has 4 rings (SSSR count). The third kappa shape index (κ3) is 4.03. The quantitative estimate of drug-likeness (QED) is 0.333. The van der Waals surface area contributed by atoms with E-state index in [9.17, 15) is 9.50 Å². The van der Waals surface area contributed by atoms with Crippen molar-refractivity contribution in [1.29, 1.82) is 0 Å². The van der Waals surface area contributed by atoms with Gasteiger partial charge in [-0.15, -0.1) is 0 Å². The van der Waals surface area contributed by atoms with Crippen LogP contribution in [0.25, 0.3) is 11.3 Å². The summed E-state index contributed by atoms with van der Waals surface area (Å²) in [6, 6.07) is 10.5. The number of hydrazone groups is 1. The molecule has 0 aliphatic rings. The molecule has 0 amide bonds. The summed E-state index contributed by atoms with van der Waals surface area (Å²) in [6.45, 7) is 0. The van der Waals surface area contributed by atoms with Gasteiger partial charge < -0.3 is 15.2 Å². The predicted octanol–water partition coefficient (Wildman–Crippen LogP) is 3.06. The molecular weight excluding hydrogens is 381 g/mol. The number of aromatic nitrogens is 4. The minimum atomic E-state index is -0.356. The van der Waals surface area contributed by atoms with E-state index in [0.29, 0.717) is 22.8 Å². The summed E-state index contributed by atoms with van der Waals surface area (Å²) in [7, 11) is 1.46. The Balaban J connectivity index is 1.60. The summed E-state index contributed by atoms with van der Waals surface area (Å²) in [6.07, 6.45) is 1.51. The molecule has 0 bridgehead atoms. The minimum Gasteiger partial charge on any atom is -0.504 e. The first-order valence-electron chi connectivity index (χ1n) is 8.31. The van der Waals surface area contributed by atoms with Crippen LogP contribution in [-0.2, 0) is 0 Å². The van der Waals surface area contributed by atoms with E-state index in [-0.39, 0.29) is 28.7 Å². The normalized spacial score (nSPS) is 11.1. The number of rotatable bonds is 6. The van der Waals surface area contributed by atoms with Crippen LogP contribution in [0.5, 0.6) is 11.5 Å². The van der Waals surface area contributed by atoms with Crippen molar-refractivity contribution in [3.8, 4) is 11.5 Å². The fourth-order valence-corrected chi connectivity index (χ4v) is 2.42. The zero-order valence-electron chi connectivity index (χ0n) is 15.0. The van der Waals surface area contributed by atoms with Crippen LogP contribution in [0.3, 0.4) is 0 Å². The third-order valence-corrected chi connectivity index (χ3v) is 3.81. The highest BCUT2D eigenvalue weighted by Crippen LogP contribution is 2.26. The second kappa shape index (κ2) is 7.76. The number of phenolic OH excluding ortho intramolecular Hbond substituents is 1. The van der Waals surface area contributed by atoms with Crippen molar-refractivity contribution in [1.82, 2.24) is 20.3 Å². The Hall–Kier alpha value is -4.28. The van der Waals surface area contributed by atoms with Crippen LogP contribution in [0.1, 0.15) is 5.56 Å². The van der Waals surface area contributed by atoms with E-state index >= 15 is 0 Å². The molecule has 0 fully saturated rings. The number of aromatic hydroxyl groups is 1. The van der Waals surface area contributed by atoms with Gasteiger partial charge in [0.2, 0.25) is 11.3 Å². The van der Waals surface area contributed by atoms with Crippen molar-refractivity contribution < 1.29 is 18.9 Å². The topological polar surface area (TPSA) is 131 Å². The van der Waals surface area contributed by atoms with Gasteiger partial charge in [0.05, 0.1) is 13.3 Å². The smallest absolute Gasteiger partial charge is 0.245 e. The molecule has 10 nitrogen and oxygen atoms in total. The number of hydrogen-bond donors (Lipinski definition) is 3. The number of halogens is 1. The first kappa shape index (κ1) is 18.1. The van der Waals surface area contributed by atoms with Gasteiger partial charge >= 0.3 is 0 Å². The first-order chi connectivity index (χ1) is 14.1. The van der Waals surface area contributed by atoms with Gasteiger partial charge in [-0.25, -0.2) is 14.0 Å². The lowest BCUT2D eigenvalue weighted by Gasteiger charge is -2.09.